The third-order valence-corrected chi connectivity index (χ3v) is 2.15. The van der Waals surface area contributed by atoms with Gasteiger partial charge in [0.2, 0.25) is 0 Å². The molecule has 1 heterocycles. The summed E-state index contributed by atoms with van der Waals surface area (Å²) in [6, 6.07) is 4.09. The maximum absolute atomic E-state index is 8.05. The van der Waals surface area contributed by atoms with E-state index in [-0.39, 0.29) is 0 Å². The highest BCUT2D eigenvalue weighted by molar-refractivity contribution is 4.89. The molecule has 1 aromatic rings. The van der Waals surface area contributed by atoms with E-state index in [1.807, 2.05) is 12.1 Å². The van der Waals surface area contributed by atoms with Gasteiger partial charge in [-0.3, -0.25) is 0 Å². The molecule has 1 rings (SSSR count). The summed E-state index contributed by atoms with van der Waals surface area (Å²) in [6.07, 6.45) is 8.74. The minimum absolute atomic E-state index is 0.639. The van der Waals surface area contributed by atoms with E-state index in [1.54, 1.807) is 0 Å². The molecule has 0 saturated carbocycles. The Balaban J connectivity index is 1.92. The summed E-state index contributed by atoms with van der Waals surface area (Å²) >= 11 is 0. The number of hydrogen-bond donors (Lipinski definition) is 0. The summed E-state index contributed by atoms with van der Waals surface area (Å²) < 4.78 is 2.19. The smallest absolute Gasteiger partial charge is 0.0257 e. The van der Waals surface area contributed by atoms with Crippen LogP contribution in [0.2, 0.25) is 0 Å². The maximum Gasteiger partial charge on any atom is 0.0257 e. The topological polar surface area (TPSA) is 53.7 Å². The van der Waals surface area contributed by atoms with Gasteiger partial charge >= 0.3 is 0 Å². The van der Waals surface area contributed by atoms with Gasteiger partial charge in [-0.25, -0.2) is 0 Å². The van der Waals surface area contributed by atoms with Crippen LogP contribution in [-0.2, 0) is 6.54 Å². The summed E-state index contributed by atoms with van der Waals surface area (Å²) in [5, 5.41) is 3.49. The third kappa shape index (κ3) is 4.58. The number of unbranched alkanes of at least 4 members (excludes halogenated alkanes) is 3. The van der Waals surface area contributed by atoms with Gasteiger partial charge in [-0.1, -0.05) is 18.0 Å². The van der Waals surface area contributed by atoms with Gasteiger partial charge in [-0.05, 0) is 30.5 Å². The van der Waals surface area contributed by atoms with Gasteiger partial charge in [-0.15, -0.1) is 0 Å². The summed E-state index contributed by atoms with van der Waals surface area (Å²) in [7, 11) is 0. The first-order valence-electron chi connectivity index (χ1n) is 5.05. The number of azide groups is 1. The molecule has 0 radical (unpaired) electrons. The first kappa shape index (κ1) is 10.7. The highest BCUT2D eigenvalue weighted by Crippen LogP contribution is 2.02. The van der Waals surface area contributed by atoms with Crippen LogP contribution in [0.5, 0.6) is 0 Å². The lowest BCUT2D eigenvalue weighted by Gasteiger charge is -2.01. The summed E-state index contributed by atoms with van der Waals surface area (Å²) in [4.78, 5) is 2.72. The lowest BCUT2D eigenvalue weighted by Crippen LogP contribution is -1.93. The zero-order chi connectivity index (χ0) is 10.1. The van der Waals surface area contributed by atoms with Crippen LogP contribution in [0, 0.1) is 0 Å². The molecule has 4 nitrogen and oxygen atoms in total. The predicted octanol–water partition coefficient (Wildman–Crippen LogP) is 3.36. The molecule has 0 spiro atoms. The van der Waals surface area contributed by atoms with E-state index in [1.165, 1.54) is 12.8 Å². The molecular weight excluding hydrogens is 176 g/mol. The van der Waals surface area contributed by atoms with Crippen molar-refractivity contribution in [3.8, 4) is 0 Å². The van der Waals surface area contributed by atoms with Crippen molar-refractivity contribution in [2.45, 2.75) is 32.2 Å². The lowest BCUT2D eigenvalue weighted by molar-refractivity contribution is 0.576. The Morgan fingerprint density at radius 1 is 1.07 bits per heavy atom. The molecule has 76 valence electrons. The van der Waals surface area contributed by atoms with Crippen LogP contribution in [0.15, 0.2) is 29.6 Å². The van der Waals surface area contributed by atoms with Crippen LogP contribution in [-0.4, -0.2) is 11.1 Å². The quantitative estimate of drug-likeness (QED) is 0.275. The third-order valence-electron chi connectivity index (χ3n) is 2.15. The van der Waals surface area contributed by atoms with Crippen molar-refractivity contribution in [3.63, 3.8) is 0 Å². The van der Waals surface area contributed by atoms with E-state index in [0.717, 1.165) is 19.4 Å². The first-order valence-corrected chi connectivity index (χ1v) is 5.05. The molecule has 1 aromatic heterocycles. The first-order chi connectivity index (χ1) is 6.93. The Kier molecular flexibility index (Phi) is 5.36. The molecule has 0 bridgehead atoms. The fourth-order valence-electron chi connectivity index (χ4n) is 1.39. The second-order valence-electron chi connectivity index (χ2n) is 3.29. The van der Waals surface area contributed by atoms with Crippen LogP contribution in [0.4, 0.5) is 0 Å². The molecule has 0 aliphatic rings. The van der Waals surface area contributed by atoms with Gasteiger partial charge in [0.25, 0.3) is 0 Å². The summed E-state index contributed by atoms with van der Waals surface area (Å²) in [5.74, 6) is 0. The van der Waals surface area contributed by atoms with Crippen molar-refractivity contribution in [1.29, 1.82) is 0 Å². The summed E-state index contributed by atoms with van der Waals surface area (Å²) in [6.45, 7) is 1.73. The van der Waals surface area contributed by atoms with Gasteiger partial charge in [-0.2, -0.15) is 0 Å². The Hall–Kier alpha value is -1.41. The molecule has 0 aliphatic carbocycles. The molecule has 0 aliphatic heterocycles. The van der Waals surface area contributed by atoms with Crippen LogP contribution < -0.4 is 0 Å². The molecule has 4 heteroatoms. The van der Waals surface area contributed by atoms with E-state index in [0.29, 0.717) is 6.54 Å². The predicted molar refractivity (Wildman–Crippen MR) is 56.9 cm³/mol. The van der Waals surface area contributed by atoms with E-state index in [2.05, 4.69) is 27.0 Å². The maximum atomic E-state index is 8.05. The van der Waals surface area contributed by atoms with Gasteiger partial charge in [0.05, 0.1) is 0 Å². The Labute approximate surface area is 84.2 Å². The largest absolute Gasteiger partial charge is 0.354 e. The highest BCUT2D eigenvalue weighted by Gasteiger charge is 1.90. The van der Waals surface area contributed by atoms with Crippen LogP contribution >= 0.6 is 0 Å². The van der Waals surface area contributed by atoms with Crippen molar-refractivity contribution in [3.05, 3.63) is 35.0 Å². The van der Waals surface area contributed by atoms with Crippen LogP contribution in [0.1, 0.15) is 25.7 Å². The van der Waals surface area contributed by atoms with E-state index in [4.69, 9.17) is 5.53 Å². The van der Waals surface area contributed by atoms with E-state index < -0.39 is 0 Å². The molecule has 0 unspecified atom stereocenters. The normalized spacial score (nSPS) is 9.71. The summed E-state index contributed by atoms with van der Waals surface area (Å²) in [5.41, 5.74) is 8.05. The van der Waals surface area contributed by atoms with Crippen molar-refractivity contribution in [2.75, 3.05) is 6.54 Å². The Morgan fingerprint density at radius 2 is 1.79 bits per heavy atom. The van der Waals surface area contributed by atoms with Gasteiger partial charge in [0.1, 0.15) is 0 Å². The molecule has 0 aromatic carbocycles. The van der Waals surface area contributed by atoms with Crippen molar-refractivity contribution in [2.24, 2.45) is 5.11 Å². The SMILES string of the molecule is [N-]=[N+]=NCCCCCCn1cccc1. The van der Waals surface area contributed by atoms with Crippen molar-refractivity contribution in [1.82, 2.24) is 4.57 Å². The number of rotatable bonds is 7. The molecule has 0 saturated heterocycles. The van der Waals surface area contributed by atoms with Gasteiger partial charge in [0.15, 0.2) is 0 Å². The second kappa shape index (κ2) is 7.04. The minimum Gasteiger partial charge on any atom is -0.354 e. The van der Waals surface area contributed by atoms with Crippen molar-refractivity contribution >= 4 is 0 Å². The number of aryl methyl sites for hydroxylation is 1. The van der Waals surface area contributed by atoms with Crippen LogP contribution in [0.25, 0.3) is 10.4 Å². The Bertz CT molecular complexity index is 272. The molecule has 0 atom stereocenters. The second-order valence-corrected chi connectivity index (χ2v) is 3.29. The molecule has 14 heavy (non-hydrogen) atoms. The highest BCUT2D eigenvalue weighted by atomic mass is 15.1. The average Bonchev–Trinajstić information content (AvgIpc) is 2.69. The number of nitrogens with zero attached hydrogens (tertiary/aromatic N) is 4. The van der Waals surface area contributed by atoms with E-state index in [9.17, 15) is 0 Å². The van der Waals surface area contributed by atoms with Crippen LogP contribution in [0.3, 0.4) is 0 Å². The number of hydrogen-bond acceptors (Lipinski definition) is 1. The van der Waals surface area contributed by atoms with Crippen molar-refractivity contribution < 1.29 is 0 Å². The minimum atomic E-state index is 0.639. The molecular formula is C10H16N4. The van der Waals surface area contributed by atoms with Gasteiger partial charge < -0.3 is 4.57 Å². The zero-order valence-electron chi connectivity index (χ0n) is 8.34. The van der Waals surface area contributed by atoms with E-state index >= 15 is 0 Å². The standard InChI is InChI=1S/C10H16N4/c11-13-12-7-3-1-2-4-8-14-9-5-6-10-14/h5-6,9-10H,1-4,7-8H2. The zero-order valence-corrected chi connectivity index (χ0v) is 8.34. The van der Waals surface area contributed by atoms with Gasteiger partial charge in [0, 0.05) is 30.4 Å². The molecule has 0 N–H and O–H groups in total. The Morgan fingerprint density at radius 3 is 2.50 bits per heavy atom. The lowest BCUT2D eigenvalue weighted by atomic mass is 10.2. The fourth-order valence-corrected chi connectivity index (χ4v) is 1.39. The molecule has 0 amide bonds. The monoisotopic (exact) mass is 192 g/mol. The number of aromatic nitrogens is 1. The fraction of sp³-hybridized carbons (Fsp3) is 0.600. The molecule has 0 fully saturated rings. The average molecular weight is 192 g/mol.